The third-order valence-corrected chi connectivity index (χ3v) is 5.21. The summed E-state index contributed by atoms with van der Waals surface area (Å²) < 4.78 is 53.2. The molecule has 1 rings (SSSR count). The van der Waals surface area contributed by atoms with Crippen LogP contribution >= 0.6 is 0 Å². The second kappa shape index (κ2) is 6.98. The molecule has 21 heavy (non-hydrogen) atoms. The molecule has 7 heteroatoms. The summed E-state index contributed by atoms with van der Waals surface area (Å²) in [7, 11) is -2.82. The zero-order valence-electron chi connectivity index (χ0n) is 12.0. The number of nitrogens with zero attached hydrogens (tertiary/aromatic N) is 1. The molecule has 0 saturated heterocycles. The van der Waals surface area contributed by atoms with Crippen LogP contribution in [0.3, 0.4) is 0 Å². The molecule has 116 valence electrons. The number of hydrogen-bond acceptors (Lipinski definition) is 3. The van der Waals surface area contributed by atoms with Crippen LogP contribution < -0.4 is 0 Å². The van der Waals surface area contributed by atoms with Crippen LogP contribution in [0.1, 0.15) is 25.8 Å². The molecule has 0 heterocycles. The molecule has 0 aromatic heterocycles. The fourth-order valence-corrected chi connectivity index (χ4v) is 3.29. The molecule has 0 spiro atoms. The first-order valence-corrected chi connectivity index (χ1v) is 7.76. The predicted molar refractivity (Wildman–Crippen MR) is 75.0 cm³/mol. The van der Waals surface area contributed by atoms with E-state index >= 15 is 0 Å². The molecule has 4 nitrogen and oxygen atoms in total. The van der Waals surface area contributed by atoms with Crippen molar-refractivity contribution in [1.82, 2.24) is 4.31 Å². The van der Waals surface area contributed by atoms with Gasteiger partial charge in [-0.2, -0.15) is 4.31 Å². The number of aliphatic hydroxyl groups excluding tert-OH is 1. The molecule has 1 aromatic rings. The molecular formula is C14H17F2NO3S. The molecule has 1 aromatic carbocycles. The minimum absolute atomic E-state index is 0.309. The highest BCUT2D eigenvalue weighted by molar-refractivity contribution is 7.89. The molecule has 0 radical (unpaired) electrons. The highest BCUT2D eigenvalue weighted by Crippen LogP contribution is 2.25. The lowest BCUT2D eigenvalue weighted by atomic mass is 10.2. The van der Waals surface area contributed by atoms with Crippen molar-refractivity contribution in [3.8, 4) is 11.8 Å². The quantitative estimate of drug-likeness (QED) is 0.861. The van der Waals surface area contributed by atoms with Crippen LogP contribution in [0.5, 0.6) is 0 Å². The van der Waals surface area contributed by atoms with Gasteiger partial charge in [0.2, 0.25) is 10.0 Å². The van der Waals surface area contributed by atoms with E-state index in [0.717, 1.165) is 10.4 Å². The van der Waals surface area contributed by atoms with Crippen molar-refractivity contribution in [3.05, 3.63) is 29.3 Å². The van der Waals surface area contributed by atoms with Crippen molar-refractivity contribution >= 4 is 10.0 Å². The second-order valence-corrected chi connectivity index (χ2v) is 6.44. The molecule has 1 unspecified atom stereocenters. The molecule has 1 atom stereocenters. The largest absolute Gasteiger partial charge is 0.384 e. The summed E-state index contributed by atoms with van der Waals surface area (Å²) in [5.41, 5.74) is -0.309. The fourth-order valence-electron chi connectivity index (χ4n) is 1.69. The average Bonchev–Trinajstić information content (AvgIpc) is 2.42. The Labute approximate surface area is 123 Å². The van der Waals surface area contributed by atoms with Gasteiger partial charge in [0.15, 0.2) is 0 Å². The van der Waals surface area contributed by atoms with E-state index in [0.29, 0.717) is 12.5 Å². The lowest BCUT2D eigenvalue weighted by Gasteiger charge is -2.24. The highest BCUT2D eigenvalue weighted by atomic mass is 32.2. The van der Waals surface area contributed by atoms with Gasteiger partial charge in [-0.15, -0.1) is 0 Å². The Morgan fingerprint density at radius 2 is 2.00 bits per heavy atom. The van der Waals surface area contributed by atoms with Crippen molar-refractivity contribution in [3.63, 3.8) is 0 Å². The summed E-state index contributed by atoms with van der Waals surface area (Å²) in [6.07, 6.45) is 0.538. The SMILES string of the molecule is CCC(C)N(C)S(=O)(=O)c1c(F)cc(F)cc1C#CCO. The Hall–Kier alpha value is -1.49. The number of halogens is 2. The van der Waals surface area contributed by atoms with Crippen molar-refractivity contribution in [1.29, 1.82) is 0 Å². The van der Waals surface area contributed by atoms with Crippen molar-refractivity contribution in [2.24, 2.45) is 0 Å². The number of aliphatic hydroxyl groups is 1. The van der Waals surface area contributed by atoms with Gasteiger partial charge in [0.05, 0.1) is 5.56 Å². The van der Waals surface area contributed by atoms with Crippen LogP contribution in [0.15, 0.2) is 17.0 Å². The van der Waals surface area contributed by atoms with E-state index < -0.39 is 33.2 Å². The van der Waals surface area contributed by atoms with Crippen LogP contribution in [-0.2, 0) is 10.0 Å². The van der Waals surface area contributed by atoms with Gasteiger partial charge in [-0.05, 0) is 19.4 Å². The van der Waals surface area contributed by atoms with Gasteiger partial charge >= 0.3 is 0 Å². The normalized spacial score (nSPS) is 12.9. The maximum atomic E-state index is 14.0. The summed E-state index contributed by atoms with van der Waals surface area (Å²) >= 11 is 0. The van der Waals surface area contributed by atoms with Gasteiger partial charge in [-0.25, -0.2) is 17.2 Å². The molecule has 0 aliphatic carbocycles. The molecule has 0 amide bonds. The third-order valence-electron chi connectivity index (χ3n) is 3.16. The third kappa shape index (κ3) is 3.79. The van der Waals surface area contributed by atoms with Crippen LogP contribution in [0.25, 0.3) is 0 Å². The first-order valence-electron chi connectivity index (χ1n) is 6.32. The molecule has 0 aliphatic rings. The van der Waals surface area contributed by atoms with E-state index in [1.165, 1.54) is 7.05 Å². The minimum Gasteiger partial charge on any atom is -0.384 e. The zero-order chi connectivity index (χ0) is 16.2. The molecule has 0 bridgehead atoms. The van der Waals surface area contributed by atoms with E-state index in [1.54, 1.807) is 13.8 Å². The van der Waals surface area contributed by atoms with Gasteiger partial charge in [-0.3, -0.25) is 0 Å². The van der Waals surface area contributed by atoms with Gasteiger partial charge in [-0.1, -0.05) is 18.8 Å². The van der Waals surface area contributed by atoms with Gasteiger partial charge in [0, 0.05) is 19.2 Å². The standard InChI is InChI=1S/C14H17F2NO3S/c1-4-10(2)17(3)21(19,20)14-11(6-5-7-18)8-12(15)9-13(14)16/h8-10,18H,4,7H2,1-3H3. The van der Waals surface area contributed by atoms with Crippen molar-refractivity contribution in [2.75, 3.05) is 13.7 Å². The highest BCUT2D eigenvalue weighted by Gasteiger charge is 2.30. The first-order chi connectivity index (χ1) is 9.75. The smallest absolute Gasteiger partial charge is 0.247 e. The van der Waals surface area contributed by atoms with Gasteiger partial charge in [0.25, 0.3) is 0 Å². The maximum Gasteiger partial charge on any atom is 0.247 e. The molecule has 0 aliphatic heterocycles. The zero-order valence-corrected chi connectivity index (χ0v) is 12.8. The fraction of sp³-hybridized carbons (Fsp3) is 0.429. The second-order valence-electron chi connectivity index (χ2n) is 4.50. The minimum atomic E-state index is -4.15. The van der Waals surface area contributed by atoms with Crippen molar-refractivity contribution in [2.45, 2.75) is 31.2 Å². The number of sulfonamides is 1. The number of hydrogen-bond donors (Lipinski definition) is 1. The molecular weight excluding hydrogens is 300 g/mol. The molecule has 0 saturated carbocycles. The summed E-state index contributed by atoms with van der Waals surface area (Å²) in [5, 5.41) is 8.67. The van der Waals surface area contributed by atoms with E-state index in [2.05, 4.69) is 11.8 Å². The predicted octanol–water partition coefficient (Wildman–Crippen LogP) is 1.73. The van der Waals surface area contributed by atoms with E-state index in [-0.39, 0.29) is 11.6 Å². The van der Waals surface area contributed by atoms with Crippen LogP contribution in [0.2, 0.25) is 0 Å². The Morgan fingerprint density at radius 3 is 2.52 bits per heavy atom. The van der Waals surface area contributed by atoms with Crippen LogP contribution in [-0.4, -0.2) is 37.5 Å². The molecule has 0 fully saturated rings. The topological polar surface area (TPSA) is 57.6 Å². The lowest BCUT2D eigenvalue weighted by Crippen LogP contribution is -2.35. The Kier molecular flexibility index (Phi) is 5.84. The van der Waals surface area contributed by atoms with E-state index in [1.807, 2.05) is 0 Å². The summed E-state index contributed by atoms with van der Waals surface area (Å²) in [6, 6.07) is 0.989. The average molecular weight is 317 g/mol. The monoisotopic (exact) mass is 317 g/mol. The summed E-state index contributed by atoms with van der Waals surface area (Å²) in [4.78, 5) is -0.673. The van der Waals surface area contributed by atoms with Crippen molar-refractivity contribution < 1.29 is 22.3 Å². The summed E-state index contributed by atoms with van der Waals surface area (Å²) in [6.45, 7) is 2.93. The summed E-state index contributed by atoms with van der Waals surface area (Å²) in [5.74, 6) is 2.35. The van der Waals surface area contributed by atoms with E-state index in [9.17, 15) is 17.2 Å². The lowest BCUT2D eigenvalue weighted by molar-refractivity contribution is 0.350. The van der Waals surface area contributed by atoms with Crippen LogP contribution in [0, 0.1) is 23.5 Å². The molecule has 1 N–H and O–H groups in total. The first kappa shape index (κ1) is 17.6. The van der Waals surface area contributed by atoms with E-state index in [4.69, 9.17) is 5.11 Å². The van der Waals surface area contributed by atoms with Gasteiger partial charge in [0.1, 0.15) is 23.1 Å². The Morgan fingerprint density at radius 1 is 1.38 bits per heavy atom. The Bertz CT molecular complexity index is 677. The maximum absolute atomic E-state index is 14.0. The Balaban J connectivity index is 3.54. The number of rotatable bonds is 4. The number of benzene rings is 1. The van der Waals surface area contributed by atoms with Crippen LogP contribution in [0.4, 0.5) is 8.78 Å². The van der Waals surface area contributed by atoms with Gasteiger partial charge < -0.3 is 5.11 Å².